The van der Waals surface area contributed by atoms with Gasteiger partial charge in [-0.2, -0.15) is 5.10 Å². The minimum atomic E-state index is -2.59. The van der Waals surface area contributed by atoms with Gasteiger partial charge >= 0.3 is 0 Å². The quantitative estimate of drug-likeness (QED) is 0.879. The van der Waals surface area contributed by atoms with E-state index in [1.807, 2.05) is 13.8 Å². The average molecular weight is 257 g/mol. The fourth-order valence-corrected chi connectivity index (χ4v) is 1.90. The normalized spacial score (nSPS) is 15.4. The Morgan fingerprint density at radius 3 is 2.72 bits per heavy atom. The molecule has 0 aromatic carbocycles. The van der Waals surface area contributed by atoms with Gasteiger partial charge in [0.2, 0.25) is 5.91 Å². The third-order valence-electron chi connectivity index (χ3n) is 2.79. The summed E-state index contributed by atoms with van der Waals surface area (Å²) in [4.78, 5) is 11.6. The Labute approximate surface area is 104 Å². The van der Waals surface area contributed by atoms with Crippen molar-refractivity contribution in [2.45, 2.75) is 51.6 Å². The molecular weight excluding hydrogens is 240 g/mol. The molecule has 1 heterocycles. The Balaban J connectivity index is 2.12. The first-order valence-corrected chi connectivity index (χ1v) is 6.12. The van der Waals surface area contributed by atoms with Gasteiger partial charge in [0.15, 0.2) is 0 Å². The summed E-state index contributed by atoms with van der Waals surface area (Å²) in [5.74, 6) is 0.0904. The first-order valence-electron chi connectivity index (χ1n) is 6.12. The Morgan fingerprint density at radius 2 is 2.22 bits per heavy atom. The fraction of sp³-hybridized carbons (Fsp3) is 0.667. The number of aromatic nitrogens is 2. The van der Waals surface area contributed by atoms with Crippen LogP contribution in [-0.4, -0.2) is 21.7 Å². The third kappa shape index (κ3) is 3.05. The first-order chi connectivity index (χ1) is 8.47. The molecule has 1 N–H and O–H groups in total. The second-order valence-corrected chi connectivity index (χ2v) is 4.95. The lowest BCUT2D eigenvalue weighted by Gasteiger charge is -2.10. The summed E-state index contributed by atoms with van der Waals surface area (Å²) in [6, 6.07) is 1.46. The summed E-state index contributed by atoms with van der Waals surface area (Å²) in [6.45, 7) is 3.72. The standard InChI is InChI=1S/C12H17F2N3O/c1-7(2)15-11(18)6-17-10(8-3-4-8)5-9(16-17)12(13)14/h5,7-8,12H,3-4,6H2,1-2H3,(H,15,18). The molecule has 100 valence electrons. The van der Waals surface area contributed by atoms with Crippen LogP contribution in [-0.2, 0) is 11.3 Å². The van der Waals surface area contributed by atoms with E-state index in [0.29, 0.717) is 0 Å². The van der Waals surface area contributed by atoms with Gasteiger partial charge in [-0.25, -0.2) is 8.78 Å². The molecule has 0 atom stereocenters. The lowest BCUT2D eigenvalue weighted by molar-refractivity contribution is -0.122. The summed E-state index contributed by atoms with van der Waals surface area (Å²) in [6.07, 6.45) is -0.614. The number of carbonyl (C=O) groups is 1. The van der Waals surface area contributed by atoms with Crippen molar-refractivity contribution >= 4 is 5.91 Å². The molecule has 18 heavy (non-hydrogen) atoms. The highest BCUT2D eigenvalue weighted by molar-refractivity contribution is 5.76. The molecule has 1 fully saturated rings. The van der Waals surface area contributed by atoms with E-state index < -0.39 is 6.43 Å². The Bertz CT molecular complexity index is 439. The maximum atomic E-state index is 12.6. The second kappa shape index (κ2) is 5.04. The van der Waals surface area contributed by atoms with E-state index in [9.17, 15) is 13.6 Å². The predicted molar refractivity (Wildman–Crippen MR) is 62.4 cm³/mol. The smallest absolute Gasteiger partial charge is 0.282 e. The van der Waals surface area contributed by atoms with Gasteiger partial charge < -0.3 is 5.32 Å². The van der Waals surface area contributed by atoms with Crippen LogP contribution in [0.5, 0.6) is 0 Å². The maximum absolute atomic E-state index is 12.6. The van der Waals surface area contributed by atoms with E-state index in [1.54, 1.807) is 0 Å². The van der Waals surface area contributed by atoms with E-state index in [-0.39, 0.29) is 30.1 Å². The number of halogens is 2. The summed E-state index contributed by atoms with van der Waals surface area (Å²) in [5, 5.41) is 6.55. The topological polar surface area (TPSA) is 46.9 Å². The molecule has 1 aromatic heterocycles. The predicted octanol–water partition coefficient (Wildman–Crippen LogP) is 2.22. The molecule has 1 amide bonds. The second-order valence-electron chi connectivity index (χ2n) is 4.95. The van der Waals surface area contributed by atoms with Gasteiger partial charge in [-0.15, -0.1) is 0 Å². The van der Waals surface area contributed by atoms with Crippen molar-refractivity contribution in [2.24, 2.45) is 0 Å². The maximum Gasteiger partial charge on any atom is 0.282 e. The molecule has 0 aliphatic heterocycles. The van der Waals surface area contributed by atoms with Crippen molar-refractivity contribution < 1.29 is 13.6 Å². The van der Waals surface area contributed by atoms with Crippen LogP contribution in [0.3, 0.4) is 0 Å². The molecule has 1 aliphatic carbocycles. The monoisotopic (exact) mass is 257 g/mol. The van der Waals surface area contributed by atoms with Crippen molar-refractivity contribution in [3.05, 3.63) is 17.5 Å². The molecule has 6 heteroatoms. The van der Waals surface area contributed by atoms with Gasteiger partial charge in [0.05, 0.1) is 0 Å². The van der Waals surface area contributed by atoms with Crippen LogP contribution < -0.4 is 5.32 Å². The zero-order chi connectivity index (χ0) is 13.3. The molecule has 0 unspecified atom stereocenters. The number of nitrogens with one attached hydrogen (secondary N) is 1. The van der Waals surface area contributed by atoms with E-state index >= 15 is 0 Å². The van der Waals surface area contributed by atoms with Gasteiger partial charge in [-0.3, -0.25) is 9.48 Å². The highest BCUT2D eigenvalue weighted by atomic mass is 19.3. The fourth-order valence-electron chi connectivity index (χ4n) is 1.90. The van der Waals surface area contributed by atoms with E-state index in [4.69, 9.17) is 0 Å². The van der Waals surface area contributed by atoms with Crippen LogP contribution in [0, 0.1) is 0 Å². The molecular formula is C12H17F2N3O. The summed E-state index contributed by atoms with van der Waals surface area (Å²) in [7, 11) is 0. The number of rotatable bonds is 5. The van der Waals surface area contributed by atoms with Crippen LogP contribution in [0.2, 0.25) is 0 Å². The summed E-state index contributed by atoms with van der Waals surface area (Å²) in [5.41, 5.74) is 0.512. The number of nitrogens with zero attached hydrogens (tertiary/aromatic N) is 2. The highest BCUT2D eigenvalue weighted by Gasteiger charge is 2.30. The minimum Gasteiger partial charge on any atom is -0.352 e. The molecule has 0 spiro atoms. The molecule has 0 saturated heterocycles. The van der Waals surface area contributed by atoms with Crippen LogP contribution in [0.25, 0.3) is 0 Å². The van der Waals surface area contributed by atoms with Crippen molar-refractivity contribution in [2.75, 3.05) is 0 Å². The van der Waals surface area contributed by atoms with Crippen LogP contribution in [0.4, 0.5) is 8.78 Å². The van der Waals surface area contributed by atoms with E-state index in [1.165, 1.54) is 10.7 Å². The Kier molecular flexibility index (Phi) is 3.63. The van der Waals surface area contributed by atoms with Crippen LogP contribution >= 0.6 is 0 Å². The third-order valence-corrected chi connectivity index (χ3v) is 2.79. The van der Waals surface area contributed by atoms with Crippen LogP contribution in [0.1, 0.15) is 50.4 Å². The molecule has 0 bridgehead atoms. The molecule has 1 saturated carbocycles. The number of hydrogen-bond donors (Lipinski definition) is 1. The molecule has 1 aliphatic rings. The SMILES string of the molecule is CC(C)NC(=O)Cn1nc(C(F)F)cc1C1CC1. The van der Waals surface area contributed by atoms with Crippen molar-refractivity contribution in [3.63, 3.8) is 0 Å². The number of amides is 1. The average Bonchev–Trinajstić information content (AvgIpc) is 2.99. The molecule has 1 aromatic rings. The number of alkyl halides is 2. The van der Waals surface area contributed by atoms with Crippen LogP contribution in [0.15, 0.2) is 6.07 Å². The number of hydrogen-bond acceptors (Lipinski definition) is 2. The van der Waals surface area contributed by atoms with E-state index in [2.05, 4.69) is 10.4 Å². The van der Waals surface area contributed by atoms with Gasteiger partial charge in [0.25, 0.3) is 6.43 Å². The molecule has 0 radical (unpaired) electrons. The van der Waals surface area contributed by atoms with Gasteiger partial charge in [-0.05, 0) is 32.8 Å². The first kappa shape index (κ1) is 13.0. The number of carbonyl (C=O) groups excluding carboxylic acids is 1. The Morgan fingerprint density at radius 1 is 1.56 bits per heavy atom. The molecule has 2 rings (SSSR count). The highest BCUT2D eigenvalue weighted by Crippen LogP contribution is 2.41. The largest absolute Gasteiger partial charge is 0.352 e. The zero-order valence-electron chi connectivity index (χ0n) is 10.5. The van der Waals surface area contributed by atoms with Crippen molar-refractivity contribution in [3.8, 4) is 0 Å². The Hall–Kier alpha value is -1.46. The van der Waals surface area contributed by atoms with Gasteiger partial charge in [0, 0.05) is 17.7 Å². The lowest BCUT2D eigenvalue weighted by Crippen LogP contribution is -2.33. The van der Waals surface area contributed by atoms with Crippen molar-refractivity contribution in [1.29, 1.82) is 0 Å². The molecule has 4 nitrogen and oxygen atoms in total. The lowest BCUT2D eigenvalue weighted by atomic mass is 10.2. The van der Waals surface area contributed by atoms with Gasteiger partial charge in [0.1, 0.15) is 12.2 Å². The van der Waals surface area contributed by atoms with Crippen molar-refractivity contribution in [1.82, 2.24) is 15.1 Å². The summed E-state index contributed by atoms with van der Waals surface area (Å²) < 4.78 is 26.6. The van der Waals surface area contributed by atoms with Gasteiger partial charge in [-0.1, -0.05) is 0 Å². The summed E-state index contributed by atoms with van der Waals surface area (Å²) >= 11 is 0. The zero-order valence-corrected chi connectivity index (χ0v) is 10.5. The minimum absolute atomic E-state index is 0.0106. The van der Waals surface area contributed by atoms with E-state index in [0.717, 1.165) is 18.5 Å².